The maximum absolute atomic E-state index is 5.99. The van der Waals surface area contributed by atoms with E-state index in [1.165, 1.54) is 25.1 Å². The molecule has 1 heterocycles. The van der Waals surface area contributed by atoms with Crippen LogP contribution in [0.15, 0.2) is 35.9 Å². The second-order valence-corrected chi connectivity index (χ2v) is 8.50. The highest BCUT2D eigenvalue weighted by atomic mass is 35.5. The third kappa shape index (κ3) is 2.81. The molecule has 0 aromatic heterocycles. The zero-order valence-electron chi connectivity index (χ0n) is 14.3. The number of anilines is 1. The van der Waals surface area contributed by atoms with E-state index in [0.717, 1.165) is 43.0 Å². The van der Waals surface area contributed by atoms with Gasteiger partial charge in [-0.2, -0.15) is 0 Å². The van der Waals surface area contributed by atoms with Gasteiger partial charge in [-0.25, -0.2) is 0 Å². The van der Waals surface area contributed by atoms with Crippen LogP contribution in [0.1, 0.15) is 26.7 Å². The van der Waals surface area contributed by atoms with Gasteiger partial charge in [0.1, 0.15) is 0 Å². The first-order valence-electron chi connectivity index (χ1n) is 8.96. The highest BCUT2D eigenvalue weighted by molar-refractivity contribution is 6.30. The molecule has 1 aromatic carbocycles. The first-order chi connectivity index (χ1) is 11.0. The van der Waals surface area contributed by atoms with Gasteiger partial charge in [0.05, 0.1) is 0 Å². The Bertz CT molecular complexity index is 597. The van der Waals surface area contributed by atoms with Crippen molar-refractivity contribution in [3.05, 3.63) is 40.9 Å². The fourth-order valence-electron chi connectivity index (χ4n) is 4.73. The van der Waals surface area contributed by atoms with E-state index in [1.54, 1.807) is 5.57 Å². The topological polar surface area (TPSA) is 6.48 Å². The summed E-state index contributed by atoms with van der Waals surface area (Å²) in [5, 5.41) is 0.818. The zero-order chi connectivity index (χ0) is 16.0. The lowest BCUT2D eigenvalue weighted by molar-refractivity contribution is -0.0107. The molecule has 2 nitrogen and oxygen atoms in total. The molecule has 3 heteroatoms. The molecular formula is C20H27ClN2. The van der Waals surface area contributed by atoms with Gasteiger partial charge < -0.3 is 4.90 Å². The van der Waals surface area contributed by atoms with E-state index >= 15 is 0 Å². The van der Waals surface area contributed by atoms with E-state index in [-0.39, 0.29) is 0 Å². The normalized spacial score (nSPS) is 29.9. The highest BCUT2D eigenvalue weighted by Crippen LogP contribution is 2.59. The van der Waals surface area contributed by atoms with Crippen molar-refractivity contribution >= 4 is 17.3 Å². The van der Waals surface area contributed by atoms with E-state index < -0.39 is 0 Å². The molecule has 1 aromatic rings. The number of piperazine rings is 1. The highest BCUT2D eigenvalue weighted by Gasteiger charge is 2.51. The Hall–Kier alpha value is -0.990. The minimum atomic E-state index is 0.551. The average molecular weight is 331 g/mol. The second kappa shape index (κ2) is 5.82. The maximum atomic E-state index is 5.99. The minimum absolute atomic E-state index is 0.551. The van der Waals surface area contributed by atoms with Gasteiger partial charge in [0.2, 0.25) is 0 Å². The van der Waals surface area contributed by atoms with Gasteiger partial charge in [0, 0.05) is 43.4 Å². The summed E-state index contributed by atoms with van der Waals surface area (Å²) in [5.74, 6) is 1.79. The number of benzene rings is 1. The fourth-order valence-corrected chi connectivity index (χ4v) is 4.86. The monoisotopic (exact) mass is 330 g/mol. The van der Waals surface area contributed by atoms with Crippen molar-refractivity contribution in [1.82, 2.24) is 4.90 Å². The van der Waals surface area contributed by atoms with Crippen molar-refractivity contribution in [2.45, 2.75) is 26.7 Å². The van der Waals surface area contributed by atoms with Gasteiger partial charge in [0.15, 0.2) is 0 Å². The largest absolute Gasteiger partial charge is 0.369 e. The number of halogens is 1. The predicted octanol–water partition coefficient (Wildman–Crippen LogP) is 4.45. The summed E-state index contributed by atoms with van der Waals surface area (Å²) in [6, 6.07) is 8.26. The molecule has 23 heavy (non-hydrogen) atoms. The Balaban J connectivity index is 1.34. The molecule has 1 saturated heterocycles. The molecule has 2 bridgehead atoms. The van der Waals surface area contributed by atoms with Gasteiger partial charge in [-0.05, 0) is 54.4 Å². The van der Waals surface area contributed by atoms with E-state index in [4.69, 9.17) is 11.6 Å². The molecule has 0 radical (unpaired) electrons. The van der Waals surface area contributed by atoms with Crippen LogP contribution in [0.4, 0.5) is 5.69 Å². The van der Waals surface area contributed by atoms with Gasteiger partial charge in [-0.15, -0.1) is 0 Å². The van der Waals surface area contributed by atoms with Crippen LogP contribution in [0.3, 0.4) is 0 Å². The van der Waals surface area contributed by atoms with E-state index in [2.05, 4.69) is 41.9 Å². The molecule has 0 amide bonds. The lowest BCUT2D eigenvalue weighted by Crippen LogP contribution is -2.52. The first kappa shape index (κ1) is 15.5. The standard InChI is InChI=1S/C20H27ClN2/c1-20(2)16-4-3-15(19(20)13-16)14-22-9-11-23(12-10-22)18-7-5-17(21)6-8-18/h3,5-8,16,19H,4,9-14H2,1-2H3/t16-,19+/m1/s1. The summed E-state index contributed by atoms with van der Waals surface area (Å²) in [5.41, 5.74) is 3.57. The van der Waals surface area contributed by atoms with E-state index in [9.17, 15) is 0 Å². The summed E-state index contributed by atoms with van der Waals surface area (Å²) in [6.07, 6.45) is 5.29. The zero-order valence-corrected chi connectivity index (χ0v) is 15.0. The van der Waals surface area contributed by atoms with Crippen LogP contribution in [0.5, 0.6) is 0 Å². The van der Waals surface area contributed by atoms with Crippen molar-refractivity contribution in [3.8, 4) is 0 Å². The van der Waals surface area contributed by atoms with Crippen LogP contribution < -0.4 is 4.90 Å². The fraction of sp³-hybridized carbons (Fsp3) is 0.600. The molecule has 0 N–H and O–H groups in total. The number of hydrogen-bond acceptors (Lipinski definition) is 2. The third-order valence-electron chi connectivity index (χ3n) is 6.55. The molecular weight excluding hydrogens is 304 g/mol. The van der Waals surface area contributed by atoms with Gasteiger partial charge in [0.25, 0.3) is 0 Å². The molecule has 124 valence electrons. The summed E-state index contributed by atoms with van der Waals surface area (Å²) in [4.78, 5) is 5.12. The number of allylic oxidation sites excluding steroid dienone is 1. The van der Waals surface area contributed by atoms with Crippen LogP contribution in [0.25, 0.3) is 0 Å². The third-order valence-corrected chi connectivity index (χ3v) is 6.80. The molecule has 1 saturated carbocycles. The maximum Gasteiger partial charge on any atom is 0.0407 e. The summed E-state index contributed by atoms with van der Waals surface area (Å²) < 4.78 is 0. The SMILES string of the molecule is CC1(C)[C@@H]2CC=C(CN3CCN(c4ccc(Cl)cc4)CC3)[C@@H]1C2. The molecule has 5 rings (SSSR count). The van der Waals surface area contributed by atoms with Gasteiger partial charge >= 0.3 is 0 Å². The lowest BCUT2D eigenvalue weighted by Gasteiger charge is -2.57. The number of nitrogens with zero attached hydrogens (tertiary/aromatic N) is 2. The van der Waals surface area contributed by atoms with Gasteiger partial charge in [-0.1, -0.05) is 37.1 Å². The molecule has 2 atom stereocenters. The second-order valence-electron chi connectivity index (χ2n) is 8.06. The Labute approximate surface area is 145 Å². The van der Waals surface area contributed by atoms with Crippen molar-refractivity contribution in [1.29, 1.82) is 0 Å². The quantitative estimate of drug-likeness (QED) is 0.755. The van der Waals surface area contributed by atoms with Crippen molar-refractivity contribution in [3.63, 3.8) is 0 Å². The summed E-state index contributed by atoms with van der Waals surface area (Å²) in [6.45, 7) is 10.7. The number of rotatable bonds is 3. The predicted molar refractivity (Wildman–Crippen MR) is 98.2 cm³/mol. The van der Waals surface area contributed by atoms with Crippen molar-refractivity contribution in [2.75, 3.05) is 37.6 Å². The van der Waals surface area contributed by atoms with Crippen LogP contribution in [0, 0.1) is 17.3 Å². The van der Waals surface area contributed by atoms with Crippen molar-refractivity contribution < 1.29 is 0 Å². The van der Waals surface area contributed by atoms with Gasteiger partial charge in [-0.3, -0.25) is 4.90 Å². The van der Waals surface area contributed by atoms with Crippen LogP contribution in [-0.4, -0.2) is 37.6 Å². The Kier molecular flexibility index (Phi) is 3.93. The smallest absolute Gasteiger partial charge is 0.0407 e. The number of fused-ring (bicyclic) bond motifs is 1. The first-order valence-corrected chi connectivity index (χ1v) is 9.33. The molecule has 2 fully saturated rings. The molecule has 0 unspecified atom stereocenters. The molecule has 0 spiro atoms. The van der Waals surface area contributed by atoms with Crippen LogP contribution in [0.2, 0.25) is 5.02 Å². The molecule has 1 aliphatic heterocycles. The Morgan fingerprint density at radius 2 is 1.78 bits per heavy atom. The number of hydrogen-bond donors (Lipinski definition) is 0. The van der Waals surface area contributed by atoms with Crippen LogP contribution in [-0.2, 0) is 0 Å². The van der Waals surface area contributed by atoms with Crippen LogP contribution >= 0.6 is 11.6 Å². The molecule has 4 aliphatic rings. The Morgan fingerprint density at radius 3 is 2.39 bits per heavy atom. The molecule has 3 aliphatic carbocycles. The van der Waals surface area contributed by atoms with Crippen molar-refractivity contribution in [2.24, 2.45) is 17.3 Å². The summed E-state index contributed by atoms with van der Waals surface area (Å²) in [7, 11) is 0. The minimum Gasteiger partial charge on any atom is -0.369 e. The lowest BCUT2D eigenvalue weighted by atomic mass is 9.49. The summed E-state index contributed by atoms with van der Waals surface area (Å²) >= 11 is 5.99. The van der Waals surface area contributed by atoms with E-state index in [0.29, 0.717) is 5.41 Å². The Morgan fingerprint density at radius 1 is 1.09 bits per heavy atom. The average Bonchev–Trinajstić information content (AvgIpc) is 2.56. The van der Waals surface area contributed by atoms with E-state index in [1.807, 2.05) is 12.1 Å².